The fourth-order valence-corrected chi connectivity index (χ4v) is 3.22. The van der Waals surface area contributed by atoms with E-state index in [-0.39, 0.29) is 0 Å². The Morgan fingerprint density at radius 2 is 1.81 bits per heavy atom. The van der Waals surface area contributed by atoms with E-state index in [1.807, 2.05) is 13.4 Å². The van der Waals surface area contributed by atoms with Crippen molar-refractivity contribution in [1.82, 2.24) is 4.90 Å². The van der Waals surface area contributed by atoms with Gasteiger partial charge < -0.3 is 4.90 Å². The number of aliphatic imine (C=N–C) groups is 1. The molecule has 3 heteroatoms. The molecule has 0 aliphatic rings. The first-order chi connectivity index (χ1) is 12.4. The zero-order chi connectivity index (χ0) is 19.1. The van der Waals surface area contributed by atoms with Gasteiger partial charge in [0.15, 0.2) is 0 Å². The second kappa shape index (κ2) is 9.78. The van der Waals surface area contributed by atoms with Gasteiger partial charge in [0.2, 0.25) is 0 Å². The Hall–Kier alpha value is -1.80. The highest BCUT2D eigenvalue weighted by atomic mass is 35.5. The molecule has 0 aliphatic heterocycles. The van der Waals surface area contributed by atoms with Gasteiger partial charge in [-0.05, 0) is 80.0 Å². The average molecular weight is 371 g/mol. The van der Waals surface area contributed by atoms with Gasteiger partial charge in [-0.25, -0.2) is 4.99 Å². The van der Waals surface area contributed by atoms with Crippen molar-refractivity contribution in [3.63, 3.8) is 0 Å². The Morgan fingerprint density at radius 1 is 1.04 bits per heavy atom. The van der Waals surface area contributed by atoms with E-state index in [9.17, 15) is 0 Å². The van der Waals surface area contributed by atoms with Crippen LogP contribution in [0.1, 0.15) is 54.5 Å². The van der Waals surface area contributed by atoms with Crippen LogP contribution in [-0.2, 0) is 12.8 Å². The van der Waals surface area contributed by atoms with Crippen LogP contribution in [0.2, 0.25) is 5.02 Å². The van der Waals surface area contributed by atoms with E-state index < -0.39 is 0 Å². The van der Waals surface area contributed by atoms with Crippen LogP contribution >= 0.6 is 11.6 Å². The summed E-state index contributed by atoms with van der Waals surface area (Å²) in [5.41, 5.74) is 7.38. The minimum absolute atomic E-state index is 0.897. The van der Waals surface area contributed by atoms with Crippen molar-refractivity contribution >= 4 is 23.6 Å². The molecule has 2 aromatic carbocycles. The third-order valence-corrected chi connectivity index (χ3v) is 5.21. The maximum Gasteiger partial charge on any atom is 0.0909 e. The highest BCUT2D eigenvalue weighted by Gasteiger charge is 2.07. The lowest BCUT2D eigenvalue weighted by Gasteiger charge is -2.13. The number of halogens is 1. The Bertz CT molecular complexity index is 765. The van der Waals surface area contributed by atoms with E-state index in [2.05, 4.69) is 67.9 Å². The fourth-order valence-electron chi connectivity index (χ4n) is 2.92. The lowest BCUT2D eigenvalue weighted by molar-refractivity contribution is 0.552. The second-order valence-corrected chi connectivity index (χ2v) is 7.50. The molecule has 0 unspecified atom stereocenters. The lowest BCUT2D eigenvalue weighted by atomic mass is 9.96. The summed E-state index contributed by atoms with van der Waals surface area (Å²) >= 11 is 6.49. The summed E-state index contributed by atoms with van der Waals surface area (Å²) in [7, 11) is 2.04. The van der Waals surface area contributed by atoms with E-state index in [0.29, 0.717) is 0 Å². The predicted molar refractivity (Wildman–Crippen MR) is 115 cm³/mol. The molecule has 0 fully saturated rings. The second-order valence-electron chi connectivity index (χ2n) is 7.09. The van der Waals surface area contributed by atoms with Crippen LogP contribution in [0.25, 0.3) is 0 Å². The Morgan fingerprint density at radius 3 is 2.46 bits per heavy atom. The topological polar surface area (TPSA) is 15.6 Å². The highest BCUT2D eigenvalue weighted by molar-refractivity contribution is 6.31. The molecule has 0 saturated carbocycles. The molecule has 140 valence electrons. The molecule has 2 aromatic rings. The van der Waals surface area contributed by atoms with E-state index >= 15 is 0 Å². The summed E-state index contributed by atoms with van der Waals surface area (Å²) in [6.45, 7) is 9.57. The summed E-state index contributed by atoms with van der Waals surface area (Å²) in [5.74, 6) is 0. The largest absolute Gasteiger partial charge is 0.366 e. The van der Waals surface area contributed by atoms with Gasteiger partial charge in [-0.15, -0.1) is 0 Å². The van der Waals surface area contributed by atoms with Crippen LogP contribution in [0.3, 0.4) is 0 Å². The van der Waals surface area contributed by atoms with Crippen LogP contribution in [-0.4, -0.2) is 24.8 Å². The van der Waals surface area contributed by atoms with Crippen LogP contribution < -0.4 is 0 Å². The summed E-state index contributed by atoms with van der Waals surface area (Å²) in [5, 5.41) is 0.897. The lowest BCUT2D eigenvalue weighted by Crippen LogP contribution is -2.14. The van der Waals surface area contributed by atoms with Gasteiger partial charge in [-0.1, -0.05) is 43.1 Å². The fraction of sp³-hybridized carbons (Fsp3) is 0.435. The number of hydrogen-bond donors (Lipinski definition) is 0. The predicted octanol–water partition coefficient (Wildman–Crippen LogP) is 6.50. The summed E-state index contributed by atoms with van der Waals surface area (Å²) in [6, 6.07) is 11.0. The summed E-state index contributed by atoms with van der Waals surface area (Å²) in [6.07, 6.45) is 6.24. The maximum atomic E-state index is 6.49. The zero-order valence-corrected chi connectivity index (χ0v) is 17.5. The molecule has 0 heterocycles. The van der Waals surface area contributed by atoms with Gasteiger partial charge >= 0.3 is 0 Å². The maximum absolute atomic E-state index is 6.49. The summed E-state index contributed by atoms with van der Waals surface area (Å²) in [4.78, 5) is 6.69. The SMILES string of the molecule is CCCCc1ccc(Cc2cc(C)c(N=CN(C)CC)cc2C)cc1Cl. The molecular weight excluding hydrogens is 340 g/mol. The molecule has 0 aromatic heterocycles. The van der Waals surface area contributed by atoms with Gasteiger partial charge in [0, 0.05) is 18.6 Å². The van der Waals surface area contributed by atoms with Gasteiger partial charge in [-0.3, -0.25) is 0 Å². The minimum atomic E-state index is 0.897. The van der Waals surface area contributed by atoms with Crippen molar-refractivity contribution in [2.45, 2.75) is 53.4 Å². The number of rotatable bonds is 8. The molecule has 2 nitrogen and oxygen atoms in total. The van der Waals surface area contributed by atoms with Crippen LogP contribution in [0.5, 0.6) is 0 Å². The first-order valence-corrected chi connectivity index (χ1v) is 9.94. The first kappa shape index (κ1) is 20.5. The quantitative estimate of drug-likeness (QED) is 0.382. The molecule has 0 N–H and O–H groups in total. The van der Waals surface area contributed by atoms with Gasteiger partial charge in [0.1, 0.15) is 0 Å². The van der Waals surface area contributed by atoms with Crippen molar-refractivity contribution in [2.75, 3.05) is 13.6 Å². The normalized spacial score (nSPS) is 11.3. The third-order valence-electron chi connectivity index (χ3n) is 4.86. The number of nitrogens with zero attached hydrogens (tertiary/aromatic N) is 2. The number of aryl methyl sites for hydroxylation is 3. The van der Waals surface area contributed by atoms with Crippen molar-refractivity contribution in [2.24, 2.45) is 4.99 Å². The van der Waals surface area contributed by atoms with Crippen LogP contribution in [0.15, 0.2) is 35.3 Å². The van der Waals surface area contributed by atoms with Crippen LogP contribution in [0.4, 0.5) is 5.69 Å². The van der Waals surface area contributed by atoms with Gasteiger partial charge in [-0.2, -0.15) is 0 Å². The molecular formula is C23H31ClN2. The van der Waals surface area contributed by atoms with Gasteiger partial charge in [0.25, 0.3) is 0 Å². The number of unbranched alkanes of at least 4 members (excludes halogenated alkanes) is 1. The van der Waals surface area contributed by atoms with E-state index in [1.54, 1.807) is 0 Å². The van der Waals surface area contributed by atoms with Crippen molar-refractivity contribution < 1.29 is 0 Å². The summed E-state index contributed by atoms with van der Waals surface area (Å²) < 4.78 is 0. The average Bonchev–Trinajstić information content (AvgIpc) is 2.62. The first-order valence-electron chi connectivity index (χ1n) is 9.56. The Kier molecular flexibility index (Phi) is 7.71. The van der Waals surface area contributed by atoms with E-state index in [4.69, 9.17) is 11.6 Å². The van der Waals surface area contributed by atoms with Crippen molar-refractivity contribution in [1.29, 1.82) is 0 Å². The Balaban J connectivity index is 2.18. The molecule has 0 amide bonds. The van der Waals surface area contributed by atoms with E-state index in [0.717, 1.165) is 30.1 Å². The van der Waals surface area contributed by atoms with Gasteiger partial charge in [0.05, 0.1) is 12.0 Å². The standard InChI is InChI=1S/C23H31ClN2/c1-6-8-9-20-11-10-19(15-22(20)24)14-21-12-18(4)23(13-17(21)3)25-16-26(5)7-2/h10-13,15-16H,6-9,14H2,1-5H3. The minimum Gasteiger partial charge on any atom is -0.366 e. The highest BCUT2D eigenvalue weighted by Crippen LogP contribution is 2.27. The third kappa shape index (κ3) is 5.60. The smallest absolute Gasteiger partial charge is 0.0909 e. The molecule has 26 heavy (non-hydrogen) atoms. The molecule has 0 saturated heterocycles. The zero-order valence-electron chi connectivity index (χ0n) is 16.8. The monoisotopic (exact) mass is 370 g/mol. The van der Waals surface area contributed by atoms with Crippen molar-refractivity contribution in [3.8, 4) is 0 Å². The molecule has 2 rings (SSSR count). The number of hydrogen-bond acceptors (Lipinski definition) is 1. The molecule has 0 radical (unpaired) electrons. The van der Waals surface area contributed by atoms with E-state index in [1.165, 1.54) is 40.7 Å². The molecule has 0 bridgehead atoms. The number of benzene rings is 2. The molecule has 0 spiro atoms. The molecule has 0 aliphatic carbocycles. The molecule has 0 atom stereocenters. The van der Waals surface area contributed by atoms with Crippen molar-refractivity contribution in [3.05, 3.63) is 63.2 Å². The Labute approximate surface area is 163 Å². The van der Waals surface area contributed by atoms with Crippen LogP contribution in [0, 0.1) is 13.8 Å².